The normalized spacial score (nSPS) is 17.1. The highest BCUT2D eigenvalue weighted by molar-refractivity contribution is 6.17. The molecule has 100 valence electrons. The molecular formula is C14H21ClN2O. The topological polar surface area (TPSA) is 35.0 Å². The van der Waals surface area contributed by atoms with Gasteiger partial charge in [-0.2, -0.15) is 0 Å². The fraction of sp³-hybridized carbons (Fsp3) is 0.714. The Hall–Kier alpha value is -0.830. The Morgan fingerprint density at radius 3 is 2.67 bits per heavy atom. The number of halogens is 1. The van der Waals surface area contributed by atoms with Crippen LogP contribution in [0.25, 0.3) is 0 Å². The van der Waals surface area contributed by atoms with Gasteiger partial charge >= 0.3 is 0 Å². The molecule has 1 saturated carbocycles. The predicted octanol–water partition coefficient (Wildman–Crippen LogP) is 4.05. The molecule has 0 saturated heterocycles. The number of hydrogen-bond donors (Lipinski definition) is 0. The van der Waals surface area contributed by atoms with E-state index in [0.29, 0.717) is 17.9 Å². The molecule has 1 fully saturated rings. The maximum atomic E-state index is 6.00. The maximum absolute atomic E-state index is 6.00. The number of nitrogens with zero attached hydrogens (tertiary/aromatic N) is 2. The van der Waals surface area contributed by atoms with E-state index in [2.05, 4.69) is 23.8 Å². The Balaban J connectivity index is 2.11. The fourth-order valence-corrected chi connectivity index (χ4v) is 2.45. The molecule has 1 aromatic rings. The van der Waals surface area contributed by atoms with Crippen LogP contribution in [0.2, 0.25) is 0 Å². The van der Waals surface area contributed by atoms with Crippen LogP contribution in [-0.2, 0) is 5.88 Å². The minimum atomic E-state index is 0.314. The van der Waals surface area contributed by atoms with Gasteiger partial charge in [-0.05, 0) is 25.7 Å². The van der Waals surface area contributed by atoms with Crippen LogP contribution in [0.1, 0.15) is 63.4 Å². The average molecular weight is 269 g/mol. The van der Waals surface area contributed by atoms with Crippen LogP contribution in [-0.4, -0.2) is 16.1 Å². The monoisotopic (exact) mass is 268 g/mol. The molecule has 0 bridgehead atoms. The van der Waals surface area contributed by atoms with Crippen molar-refractivity contribution in [3.05, 3.63) is 17.7 Å². The van der Waals surface area contributed by atoms with Crippen LogP contribution in [0, 0.1) is 0 Å². The first kappa shape index (κ1) is 13.6. The molecule has 0 N–H and O–H groups in total. The van der Waals surface area contributed by atoms with Crippen LogP contribution >= 0.6 is 11.6 Å². The van der Waals surface area contributed by atoms with Gasteiger partial charge in [0.15, 0.2) is 5.75 Å². The van der Waals surface area contributed by atoms with Gasteiger partial charge in [-0.25, -0.2) is 9.97 Å². The number of rotatable bonds is 4. The molecule has 0 aromatic carbocycles. The lowest BCUT2D eigenvalue weighted by atomic mass is 9.98. The molecule has 1 aliphatic rings. The second kappa shape index (κ2) is 6.37. The van der Waals surface area contributed by atoms with Gasteiger partial charge in [0, 0.05) is 5.92 Å². The van der Waals surface area contributed by atoms with Gasteiger partial charge in [-0.15, -0.1) is 11.6 Å². The third-order valence-electron chi connectivity index (χ3n) is 3.34. The fourth-order valence-electron chi connectivity index (χ4n) is 2.26. The molecule has 0 unspecified atom stereocenters. The SMILES string of the molecule is CC(C)c1ncc(OC2CCCCC2)c(CCl)n1. The summed E-state index contributed by atoms with van der Waals surface area (Å²) in [6.07, 6.45) is 8.20. The second-order valence-corrected chi connectivity index (χ2v) is 5.47. The van der Waals surface area contributed by atoms with Gasteiger partial charge in [0.05, 0.1) is 18.2 Å². The Kier molecular flexibility index (Phi) is 4.81. The zero-order chi connectivity index (χ0) is 13.0. The molecule has 2 rings (SSSR count). The number of hydrogen-bond acceptors (Lipinski definition) is 3. The lowest BCUT2D eigenvalue weighted by Gasteiger charge is -2.23. The summed E-state index contributed by atoms with van der Waals surface area (Å²) in [4.78, 5) is 8.85. The van der Waals surface area contributed by atoms with Crippen LogP contribution < -0.4 is 4.74 Å². The van der Waals surface area contributed by atoms with Crippen LogP contribution in [0.3, 0.4) is 0 Å². The molecule has 4 heteroatoms. The van der Waals surface area contributed by atoms with E-state index in [1.54, 1.807) is 6.20 Å². The first-order valence-corrected chi connectivity index (χ1v) is 7.32. The van der Waals surface area contributed by atoms with Crippen LogP contribution in [0.15, 0.2) is 6.20 Å². The minimum absolute atomic E-state index is 0.314. The van der Waals surface area contributed by atoms with Gasteiger partial charge < -0.3 is 4.74 Å². The lowest BCUT2D eigenvalue weighted by molar-refractivity contribution is 0.152. The Morgan fingerprint density at radius 1 is 1.33 bits per heavy atom. The standard InChI is InChI=1S/C14H21ClN2O/c1-10(2)14-16-9-13(12(8-15)17-14)18-11-6-4-3-5-7-11/h9-11H,3-8H2,1-2H3. The molecule has 0 atom stereocenters. The molecule has 0 aliphatic heterocycles. The van der Waals surface area contributed by atoms with E-state index in [4.69, 9.17) is 16.3 Å². The van der Waals surface area contributed by atoms with E-state index in [9.17, 15) is 0 Å². The van der Waals surface area contributed by atoms with Crippen molar-refractivity contribution in [1.82, 2.24) is 9.97 Å². The van der Waals surface area contributed by atoms with Crippen molar-refractivity contribution in [3.63, 3.8) is 0 Å². The minimum Gasteiger partial charge on any atom is -0.487 e. The predicted molar refractivity (Wildman–Crippen MR) is 73.2 cm³/mol. The number of alkyl halides is 1. The highest BCUT2D eigenvalue weighted by atomic mass is 35.5. The maximum Gasteiger partial charge on any atom is 0.160 e. The molecule has 0 spiro atoms. The number of aromatic nitrogens is 2. The van der Waals surface area contributed by atoms with Crippen LogP contribution in [0.4, 0.5) is 0 Å². The zero-order valence-electron chi connectivity index (χ0n) is 11.2. The first-order valence-electron chi connectivity index (χ1n) is 6.79. The van der Waals surface area contributed by atoms with Gasteiger partial charge in [-0.3, -0.25) is 0 Å². The van der Waals surface area contributed by atoms with Crippen molar-refractivity contribution in [3.8, 4) is 5.75 Å². The van der Waals surface area contributed by atoms with E-state index in [1.165, 1.54) is 19.3 Å². The Bertz CT molecular complexity index is 389. The summed E-state index contributed by atoms with van der Waals surface area (Å²) in [5.41, 5.74) is 0.820. The molecule has 0 radical (unpaired) electrons. The summed E-state index contributed by atoms with van der Waals surface area (Å²) in [7, 11) is 0. The van der Waals surface area contributed by atoms with Gasteiger partial charge in [0.25, 0.3) is 0 Å². The largest absolute Gasteiger partial charge is 0.487 e. The highest BCUT2D eigenvalue weighted by Crippen LogP contribution is 2.26. The van der Waals surface area contributed by atoms with E-state index in [0.717, 1.165) is 30.1 Å². The highest BCUT2D eigenvalue weighted by Gasteiger charge is 2.18. The summed E-state index contributed by atoms with van der Waals surface area (Å²) in [5.74, 6) is 2.29. The third-order valence-corrected chi connectivity index (χ3v) is 3.59. The second-order valence-electron chi connectivity index (χ2n) is 5.21. The van der Waals surface area contributed by atoms with Crippen LogP contribution in [0.5, 0.6) is 5.75 Å². The molecule has 18 heavy (non-hydrogen) atoms. The van der Waals surface area contributed by atoms with E-state index in [1.807, 2.05) is 0 Å². The van der Waals surface area contributed by atoms with E-state index >= 15 is 0 Å². The summed E-state index contributed by atoms with van der Waals surface area (Å²) >= 11 is 5.96. The molecule has 1 aromatic heterocycles. The Morgan fingerprint density at radius 2 is 2.06 bits per heavy atom. The Labute approximate surface area is 114 Å². The van der Waals surface area contributed by atoms with E-state index < -0.39 is 0 Å². The van der Waals surface area contributed by atoms with Crippen molar-refractivity contribution in [2.45, 2.75) is 63.9 Å². The van der Waals surface area contributed by atoms with Crippen molar-refractivity contribution in [2.24, 2.45) is 0 Å². The van der Waals surface area contributed by atoms with Gasteiger partial charge in [-0.1, -0.05) is 20.3 Å². The van der Waals surface area contributed by atoms with Crippen molar-refractivity contribution < 1.29 is 4.74 Å². The summed E-state index contributed by atoms with van der Waals surface area (Å²) < 4.78 is 6.00. The average Bonchev–Trinajstić information content (AvgIpc) is 2.40. The van der Waals surface area contributed by atoms with Gasteiger partial charge in [0.1, 0.15) is 11.5 Å². The molecule has 1 heterocycles. The summed E-state index contributed by atoms with van der Waals surface area (Å²) in [6.45, 7) is 4.16. The van der Waals surface area contributed by atoms with Crippen molar-refractivity contribution >= 4 is 11.6 Å². The third kappa shape index (κ3) is 3.35. The van der Waals surface area contributed by atoms with Crippen molar-refractivity contribution in [2.75, 3.05) is 0 Å². The van der Waals surface area contributed by atoms with Gasteiger partial charge in [0.2, 0.25) is 0 Å². The molecular weight excluding hydrogens is 248 g/mol. The number of ether oxygens (including phenoxy) is 1. The smallest absolute Gasteiger partial charge is 0.160 e. The van der Waals surface area contributed by atoms with Crippen molar-refractivity contribution in [1.29, 1.82) is 0 Å². The van der Waals surface area contributed by atoms with E-state index in [-0.39, 0.29) is 0 Å². The lowest BCUT2D eigenvalue weighted by Crippen LogP contribution is -2.20. The zero-order valence-corrected chi connectivity index (χ0v) is 11.9. The molecule has 0 amide bonds. The molecule has 1 aliphatic carbocycles. The quantitative estimate of drug-likeness (QED) is 0.773. The summed E-state index contributed by atoms with van der Waals surface area (Å²) in [6, 6.07) is 0. The molecule has 3 nitrogen and oxygen atoms in total. The summed E-state index contributed by atoms with van der Waals surface area (Å²) in [5, 5.41) is 0. The first-order chi connectivity index (χ1) is 8.70.